The minimum Gasteiger partial charge on any atom is -0.273 e. The van der Waals surface area contributed by atoms with Gasteiger partial charge >= 0.3 is 0 Å². The highest BCUT2D eigenvalue weighted by atomic mass is 32.1. The Morgan fingerprint density at radius 2 is 2.10 bits per heavy atom. The lowest BCUT2D eigenvalue weighted by Crippen LogP contribution is -2.42. The molecule has 5 heteroatoms. The minimum absolute atomic E-state index is 0.0656. The highest BCUT2D eigenvalue weighted by Gasteiger charge is 2.40. The zero-order valence-corrected chi connectivity index (χ0v) is 12.5. The lowest BCUT2D eigenvalue weighted by atomic mass is 9.86. The third-order valence-corrected chi connectivity index (χ3v) is 5.61. The molecule has 1 aromatic heterocycles. The normalized spacial score (nSPS) is 27.6. The molecule has 1 aromatic rings. The SMILES string of the molecule is Cc1ccc(C(=O)NNC(=O)C[C@@H]2C[C@H]3CC[C@H]2C3)s1. The van der Waals surface area contributed by atoms with Gasteiger partial charge in [0.1, 0.15) is 0 Å². The highest BCUT2D eigenvalue weighted by Crippen LogP contribution is 2.49. The van der Waals surface area contributed by atoms with Gasteiger partial charge in [-0.15, -0.1) is 11.3 Å². The van der Waals surface area contributed by atoms with Gasteiger partial charge in [0, 0.05) is 11.3 Å². The molecular formula is C15H20N2O2S. The average molecular weight is 292 g/mol. The third kappa shape index (κ3) is 2.87. The van der Waals surface area contributed by atoms with Crippen molar-refractivity contribution in [3.8, 4) is 0 Å². The summed E-state index contributed by atoms with van der Waals surface area (Å²) in [7, 11) is 0. The summed E-state index contributed by atoms with van der Waals surface area (Å²) < 4.78 is 0. The monoisotopic (exact) mass is 292 g/mol. The number of hydrogen-bond acceptors (Lipinski definition) is 3. The molecule has 2 fully saturated rings. The molecule has 2 aliphatic rings. The summed E-state index contributed by atoms with van der Waals surface area (Å²) in [5.41, 5.74) is 5.05. The van der Waals surface area contributed by atoms with Crippen LogP contribution in [-0.2, 0) is 4.79 Å². The fraction of sp³-hybridized carbons (Fsp3) is 0.600. The van der Waals surface area contributed by atoms with E-state index in [-0.39, 0.29) is 11.8 Å². The van der Waals surface area contributed by atoms with E-state index in [1.807, 2.05) is 13.0 Å². The minimum atomic E-state index is -0.232. The molecule has 3 rings (SSSR count). The van der Waals surface area contributed by atoms with Gasteiger partial charge in [0.15, 0.2) is 0 Å². The Kier molecular flexibility index (Phi) is 3.78. The number of thiophene rings is 1. The predicted molar refractivity (Wildman–Crippen MR) is 78.2 cm³/mol. The van der Waals surface area contributed by atoms with Gasteiger partial charge in [-0.05, 0) is 56.1 Å². The van der Waals surface area contributed by atoms with Crippen LogP contribution in [0.3, 0.4) is 0 Å². The molecule has 2 saturated carbocycles. The van der Waals surface area contributed by atoms with E-state index in [9.17, 15) is 9.59 Å². The van der Waals surface area contributed by atoms with Gasteiger partial charge in [0.2, 0.25) is 5.91 Å². The number of carbonyl (C=O) groups excluding carboxylic acids is 2. The van der Waals surface area contributed by atoms with Crippen LogP contribution in [0.15, 0.2) is 12.1 Å². The predicted octanol–water partition coefficient (Wildman–Crippen LogP) is 2.64. The lowest BCUT2D eigenvalue weighted by Gasteiger charge is -2.20. The van der Waals surface area contributed by atoms with Crippen molar-refractivity contribution in [3.63, 3.8) is 0 Å². The highest BCUT2D eigenvalue weighted by molar-refractivity contribution is 7.13. The van der Waals surface area contributed by atoms with Crippen LogP contribution in [0.2, 0.25) is 0 Å². The van der Waals surface area contributed by atoms with E-state index in [1.165, 1.54) is 37.0 Å². The summed E-state index contributed by atoms with van der Waals surface area (Å²) in [6.45, 7) is 1.95. The molecule has 0 unspecified atom stereocenters. The van der Waals surface area contributed by atoms with Crippen molar-refractivity contribution in [2.24, 2.45) is 17.8 Å². The second kappa shape index (κ2) is 5.56. The van der Waals surface area contributed by atoms with Crippen molar-refractivity contribution in [1.82, 2.24) is 10.9 Å². The van der Waals surface area contributed by atoms with Crippen molar-refractivity contribution in [1.29, 1.82) is 0 Å². The van der Waals surface area contributed by atoms with Crippen LogP contribution in [0.25, 0.3) is 0 Å². The Hall–Kier alpha value is -1.36. The molecule has 0 aliphatic heterocycles. The van der Waals surface area contributed by atoms with Crippen LogP contribution in [0.1, 0.15) is 46.7 Å². The number of nitrogens with one attached hydrogen (secondary N) is 2. The molecule has 0 aromatic carbocycles. The number of hydrazine groups is 1. The third-order valence-electron chi connectivity index (χ3n) is 4.61. The summed E-state index contributed by atoms with van der Waals surface area (Å²) in [5, 5.41) is 0. The largest absolute Gasteiger partial charge is 0.279 e. The first-order chi connectivity index (χ1) is 9.61. The Morgan fingerprint density at radius 3 is 2.70 bits per heavy atom. The van der Waals surface area contributed by atoms with Crippen LogP contribution in [0, 0.1) is 24.7 Å². The van der Waals surface area contributed by atoms with E-state index in [0.29, 0.717) is 17.2 Å². The van der Waals surface area contributed by atoms with Crippen LogP contribution in [-0.4, -0.2) is 11.8 Å². The maximum Gasteiger partial charge on any atom is 0.279 e. The van der Waals surface area contributed by atoms with Gasteiger partial charge in [-0.2, -0.15) is 0 Å². The van der Waals surface area contributed by atoms with E-state index < -0.39 is 0 Å². The van der Waals surface area contributed by atoms with E-state index in [4.69, 9.17) is 0 Å². The maximum absolute atomic E-state index is 11.9. The molecule has 3 atom stereocenters. The Labute approximate surface area is 122 Å². The Bertz CT molecular complexity index is 526. The summed E-state index contributed by atoms with van der Waals surface area (Å²) in [6.07, 6.45) is 5.67. The van der Waals surface area contributed by atoms with Crippen LogP contribution in [0.4, 0.5) is 0 Å². The van der Waals surface area contributed by atoms with E-state index in [1.54, 1.807) is 6.07 Å². The van der Waals surface area contributed by atoms with Crippen LogP contribution in [0.5, 0.6) is 0 Å². The van der Waals surface area contributed by atoms with Crippen molar-refractivity contribution in [2.75, 3.05) is 0 Å². The Balaban J connectivity index is 1.44. The number of carbonyl (C=O) groups is 2. The lowest BCUT2D eigenvalue weighted by molar-refractivity contribution is -0.123. The van der Waals surface area contributed by atoms with Gasteiger partial charge in [0.05, 0.1) is 4.88 Å². The smallest absolute Gasteiger partial charge is 0.273 e. The summed E-state index contributed by atoms with van der Waals surface area (Å²) in [4.78, 5) is 25.4. The van der Waals surface area contributed by atoms with Gasteiger partial charge < -0.3 is 0 Å². The van der Waals surface area contributed by atoms with E-state index >= 15 is 0 Å². The zero-order chi connectivity index (χ0) is 14.1. The van der Waals surface area contributed by atoms with Gasteiger partial charge in [-0.3, -0.25) is 20.4 Å². The van der Waals surface area contributed by atoms with E-state index in [2.05, 4.69) is 10.9 Å². The van der Waals surface area contributed by atoms with Crippen molar-refractivity contribution in [3.05, 3.63) is 21.9 Å². The van der Waals surface area contributed by atoms with Gasteiger partial charge in [-0.25, -0.2) is 0 Å². The number of rotatable bonds is 3. The van der Waals surface area contributed by atoms with Gasteiger partial charge in [0.25, 0.3) is 5.91 Å². The van der Waals surface area contributed by atoms with Crippen molar-refractivity contribution in [2.45, 2.75) is 39.0 Å². The van der Waals surface area contributed by atoms with Crippen molar-refractivity contribution >= 4 is 23.2 Å². The number of aryl methyl sites for hydroxylation is 1. The fourth-order valence-corrected chi connectivity index (χ4v) is 4.42. The number of amides is 2. The molecular weight excluding hydrogens is 272 g/mol. The molecule has 2 N–H and O–H groups in total. The topological polar surface area (TPSA) is 58.2 Å². The maximum atomic E-state index is 11.9. The quantitative estimate of drug-likeness (QED) is 0.841. The Morgan fingerprint density at radius 1 is 1.25 bits per heavy atom. The molecule has 20 heavy (non-hydrogen) atoms. The molecule has 2 amide bonds. The number of fused-ring (bicyclic) bond motifs is 2. The van der Waals surface area contributed by atoms with Crippen LogP contribution < -0.4 is 10.9 Å². The molecule has 0 spiro atoms. The molecule has 4 nitrogen and oxygen atoms in total. The first-order valence-electron chi connectivity index (χ1n) is 7.27. The molecule has 1 heterocycles. The fourth-order valence-electron chi connectivity index (χ4n) is 3.66. The van der Waals surface area contributed by atoms with E-state index in [0.717, 1.165) is 16.7 Å². The molecule has 0 saturated heterocycles. The summed E-state index contributed by atoms with van der Waals surface area (Å²) in [5.74, 6) is 1.81. The molecule has 2 bridgehead atoms. The molecule has 108 valence electrons. The zero-order valence-electron chi connectivity index (χ0n) is 11.6. The first kappa shape index (κ1) is 13.6. The molecule has 2 aliphatic carbocycles. The first-order valence-corrected chi connectivity index (χ1v) is 8.09. The average Bonchev–Trinajstić information content (AvgIpc) is 3.12. The standard InChI is InChI=1S/C15H20N2O2S/c1-9-2-5-13(20-9)15(19)17-16-14(18)8-12-7-10-3-4-11(12)6-10/h2,5,10-12H,3-4,6-8H2,1H3,(H,16,18)(H,17,19)/t10-,11-,12-/m0/s1. The summed E-state index contributed by atoms with van der Waals surface area (Å²) >= 11 is 1.43. The van der Waals surface area contributed by atoms with Gasteiger partial charge in [-0.1, -0.05) is 6.42 Å². The molecule has 0 radical (unpaired) electrons. The van der Waals surface area contributed by atoms with Crippen LogP contribution >= 0.6 is 11.3 Å². The summed E-state index contributed by atoms with van der Waals surface area (Å²) in [6, 6.07) is 3.67. The number of hydrogen-bond donors (Lipinski definition) is 2. The second-order valence-corrected chi connectivity index (χ2v) is 7.34. The van der Waals surface area contributed by atoms with Crippen molar-refractivity contribution < 1.29 is 9.59 Å². The second-order valence-electron chi connectivity index (χ2n) is 6.05.